The number of anilines is 2. The molecule has 7 nitrogen and oxygen atoms in total. The number of aromatic nitrogens is 1. The van der Waals surface area contributed by atoms with Crippen LogP contribution in [0.2, 0.25) is 0 Å². The van der Waals surface area contributed by atoms with E-state index in [1.807, 2.05) is 12.1 Å². The van der Waals surface area contributed by atoms with Crippen LogP contribution in [0.3, 0.4) is 0 Å². The molecule has 1 heterocycles. The molecule has 1 aromatic heterocycles. The van der Waals surface area contributed by atoms with Crippen molar-refractivity contribution in [3.63, 3.8) is 0 Å². The molecule has 1 aliphatic carbocycles. The maximum Gasteiger partial charge on any atom is 0.323 e. The van der Waals surface area contributed by atoms with Crippen LogP contribution in [0.25, 0.3) is 0 Å². The molecular formula is C22H19N3O4. The lowest BCUT2D eigenvalue weighted by atomic mass is 10.1. The number of hydrogen-bond acceptors (Lipinski definition) is 5. The van der Waals surface area contributed by atoms with Gasteiger partial charge in [-0.15, -0.1) is 0 Å². The number of hydrogen-bond donors (Lipinski definition) is 2. The molecule has 0 spiro atoms. The van der Waals surface area contributed by atoms with Gasteiger partial charge in [-0.3, -0.25) is 4.79 Å². The van der Waals surface area contributed by atoms with E-state index >= 15 is 0 Å². The fourth-order valence-corrected chi connectivity index (χ4v) is 3.15. The van der Waals surface area contributed by atoms with Crippen LogP contribution in [-0.2, 0) is 6.42 Å². The number of pyridine rings is 1. The Kier molecular flexibility index (Phi) is 5.11. The molecule has 0 radical (unpaired) electrons. The van der Waals surface area contributed by atoms with Gasteiger partial charge in [0.05, 0.1) is 19.0 Å². The molecule has 0 unspecified atom stereocenters. The average molecular weight is 389 g/mol. The molecule has 7 heteroatoms. The number of fused-ring (bicyclic) bond motifs is 1. The van der Waals surface area contributed by atoms with Crippen molar-refractivity contribution in [2.45, 2.75) is 12.8 Å². The summed E-state index contributed by atoms with van der Waals surface area (Å²) in [5.41, 5.74) is 2.80. The topological polar surface area (TPSA) is 89.5 Å². The predicted molar refractivity (Wildman–Crippen MR) is 109 cm³/mol. The zero-order chi connectivity index (χ0) is 20.2. The van der Waals surface area contributed by atoms with Crippen LogP contribution in [-0.4, -0.2) is 23.9 Å². The number of carbonyl (C=O) groups is 2. The zero-order valence-electron chi connectivity index (χ0n) is 15.8. The first kappa shape index (κ1) is 18.5. The Hall–Kier alpha value is -3.87. The second kappa shape index (κ2) is 8.02. The number of methoxy groups -OCH3 is 1. The number of urea groups is 1. The molecule has 0 fully saturated rings. The fraction of sp³-hybridized carbons (Fsp3) is 0.136. The maximum atomic E-state index is 12.1. The predicted octanol–water partition coefficient (Wildman–Crippen LogP) is 4.66. The summed E-state index contributed by atoms with van der Waals surface area (Å²) in [6.07, 6.45) is 2.70. The van der Waals surface area contributed by atoms with E-state index in [0.29, 0.717) is 41.6 Å². The third-order valence-electron chi connectivity index (χ3n) is 4.59. The SMILES string of the molecule is COc1ccc(NC(=O)Nc2ccc(Oc3cccc4c3CCC4=O)nc2)cc1. The third kappa shape index (κ3) is 4.19. The number of Topliss-reactive ketones (excluding diaryl/α,β-unsaturated/α-hetero) is 1. The highest BCUT2D eigenvalue weighted by molar-refractivity contribution is 6.01. The van der Waals surface area contributed by atoms with Crippen LogP contribution >= 0.6 is 0 Å². The summed E-state index contributed by atoms with van der Waals surface area (Å²) in [6, 6.07) is 15.4. The molecule has 2 amide bonds. The minimum absolute atomic E-state index is 0.140. The number of nitrogens with zero attached hydrogens (tertiary/aromatic N) is 1. The average Bonchev–Trinajstić information content (AvgIpc) is 3.12. The van der Waals surface area contributed by atoms with Gasteiger partial charge in [0.25, 0.3) is 0 Å². The highest BCUT2D eigenvalue weighted by atomic mass is 16.5. The number of ether oxygens (including phenoxy) is 2. The molecule has 0 atom stereocenters. The second-order valence-corrected chi connectivity index (χ2v) is 6.50. The van der Waals surface area contributed by atoms with E-state index in [4.69, 9.17) is 9.47 Å². The Morgan fingerprint density at radius 1 is 0.966 bits per heavy atom. The van der Waals surface area contributed by atoms with Gasteiger partial charge >= 0.3 is 6.03 Å². The molecule has 0 saturated carbocycles. The smallest absolute Gasteiger partial charge is 0.323 e. The largest absolute Gasteiger partial charge is 0.497 e. The van der Waals surface area contributed by atoms with E-state index in [2.05, 4.69) is 15.6 Å². The van der Waals surface area contributed by atoms with Gasteiger partial charge < -0.3 is 20.1 Å². The van der Waals surface area contributed by atoms with Gasteiger partial charge in [-0.2, -0.15) is 0 Å². The molecule has 2 aromatic carbocycles. The lowest BCUT2D eigenvalue weighted by Gasteiger charge is -2.10. The van der Waals surface area contributed by atoms with Gasteiger partial charge in [0.1, 0.15) is 11.5 Å². The molecule has 2 N–H and O–H groups in total. The first-order chi connectivity index (χ1) is 14.1. The van der Waals surface area contributed by atoms with Crippen LogP contribution in [0.5, 0.6) is 17.4 Å². The summed E-state index contributed by atoms with van der Waals surface area (Å²) in [4.78, 5) is 28.2. The van der Waals surface area contributed by atoms with E-state index in [-0.39, 0.29) is 11.8 Å². The third-order valence-corrected chi connectivity index (χ3v) is 4.59. The molecule has 4 rings (SSSR count). The minimum atomic E-state index is -0.384. The highest BCUT2D eigenvalue weighted by Crippen LogP contribution is 2.33. The van der Waals surface area contributed by atoms with Crippen molar-refractivity contribution in [2.24, 2.45) is 0 Å². The van der Waals surface area contributed by atoms with Crippen LogP contribution < -0.4 is 20.1 Å². The van der Waals surface area contributed by atoms with E-state index in [0.717, 1.165) is 11.1 Å². The first-order valence-corrected chi connectivity index (χ1v) is 9.13. The number of amides is 2. The molecule has 0 saturated heterocycles. The molecule has 0 bridgehead atoms. The van der Waals surface area contributed by atoms with Crippen molar-refractivity contribution in [1.82, 2.24) is 4.98 Å². The van der Waals surface area contributed by atoms with Crippen molar-refractivity contribution < 1.29 is 19.1 Å². The summed E-state index contributed by atoms with van der Waals surface area (Å²) in [7, 11) is 1.58. The molecule has 29 heavy (non-hydrogen) atoms. The molecule has 0 aliphatic heterocycles. The molecular weight excluding hydrogens is 370 g/mol. The number of benzene rings is 2. The van der Waals surface area contributed by atoms with Crippen molar-refractivity contribution in [2.75, 3.05) is 17.7 Å². The summed E-state index contributed by atoms with van der Waals surface area (Å²) in [6.45, 7) is 0. The Morgan fingerprint density at radius 3 is 2.45 bits per heavy atom. The maximum absolute atomic E-state index is 12.1. The van der Waals surface area contributed by atoms with Gasteiger partial charge in [0, 0.05) is 29.3 Å². The standard InChI is InChI=1S/C22H19N3O4/c1-28-16-8-5-14(6-9-16)24-22(27)25-15-7-12-21(23-13-15)29-20-4-2-3-17-18(20)10-11-19(17)26/h2-9,12-13H,10-11H2,1H3,(H2,24,25,27). The van der Waals surface area contributed by atoms with Crippen LogP contribution in [0.4, 0.5) is 16.2 Å². The second-order valence-electron chi connectivity index (χ2n) is 6.50. The normalized spacial score (nSPS) is 12.2. The Morgan fingerprint density at radius 2 is 1.72 bits per heavy atom. The van der Waals surface area contributed by atoms with E-state index in [1.165, 1.54) is 6.20 Å². The van der Waals surface area contributed by atoms with Gasteiger partial charge in [-0.25, -0.2) is 9.78 Å². The van der Waals surface area contributed by atoms with E-state index in [9.17, 15) is 9.59 Å². The summed E-state index contributed by atoms with van der Waals surface area (Å²) in [5, 5.41) is 5.45. The minimum Gasteiger partial charge on any atom is -0.497 e. The lowest BCUT2D eigenvalue weighted by Crippen LogP contribution is -2.19. The molecule has 146 valence electrons. The highest BCUT2D eigenvalue weighted by Gasteiger charge is 2.23. The van der Waals surface area contributed by atoms with Crippen molar-refractivity contribution in [3.8, 4) is 17.4 Å². The summed E-state index contributed by atoms with van der Waals surface area (Å²) >= 11 is 0. The van der Waals surface area contributed by atoms with Crippen LogP contribution in [0.1, 0.15) is 22.3 Å². The monoisotopic (exact) mass is 389 g/mol. The van der Waals surface area contributed by atoms with Crippen molar-refractivity contribution in [1.29, 1.82) is 0 Å². The Balaban J connectivity index is 1.38. The van der Waals surface area contributed by atoms with Crippen molar-refractivity contribution in [3.05, 3.63) is 71.9 Å². The van der Waals surface area contributed by atoms with Gasteiger partial charge in [-0.1, -0.05) is 12.1 Å². The lowest BCUT2D eigenvalue weighted by molar-refractivity contribution is 0.0994. The fourth-order valence-electron chi connectivity index (χ4n) is 3.15. The van der Waals surface area contributed by atoms with Gasteiger partial charge in [-0.05, 0) is 42.8 Å². The van der Waals surface area contributed by atoms with Crippen molar-refractivity contribution >= 4 is 23.2 Å². The number of carbonyl (C=O) groups excluding carboxylic acids is 2. The Labute approximate surface area is 167 Å². The number of rotatable bonds is 5. The van der Waals surface area contributed by atoms with Crippen LogP contribution in [0, 0.1) is 0 Å². The molecule has 3 aromatic rings. The quantitative estimate of drug-likeness (QED) is 0.663. The van der Waals surface area contributed by atoms with Crippen LogP contribution in [0.15, 0.2) is 60.8 Å². The van der Waals surface area contributed by atoms with Gasteiger partial charge in [0.15, 0.2) is 5.78 Å². The summed E-state index contributed by atoms with van der Waals surface area (Å²) < 4.78 is 10.9. The van der Waals surface area contributed by atoms with Gasteiger partial charge in [0.2, 0.25) is 5.88 Å². The number of nitrogens with one attached hydrogen (secondary N) is 2. The van der Waals surface area contributed by atoms with E-state index < -0.39 is 0 Å². The number of ketones is 1. The first-order valence-electron chi connectivity index (χ1n) is 9.13. The summed E-state index contributed by atoms with van der Waals surface area (Å²) in [5.74, 6) is 1.88. The molecule has 1 aliphatic rings. The van der Waals surface area contributed by atoms with E-state index in [1.54, 1.807) is 49.6 Å². The zero-order valence-corrected chi connectivity index (χ0v) is 15.8. The Bertz CT molecular complexity index is 1050.